The van der Waals surface area contributed by atoms with E-state index < -0.39 is 12.0 Å². The Hall–Kier alpha value is -0.260. The SMILES string of the molecule is N[C@@H](CSCCCCCCCCO)C(=O)O. The van der Waals surface area contributed by atoms with E-state index in [9.17, 15) is 4.79 Å². The van der Waals surface area contributed by atoms with E-state index in [-0.39, 0.29) is 0 Å². The molecule has 0 rings (SSSR count). The van der Waals surface area contributed by atoms with Crippen LogP contribution in [-0.2, 0) is 4.79 Å². The molecule has 0 aromatic rings. The number of carboxylic acids is 1. The predicted octanol–water partition coefficient (Wildman–Crippen LogP) is 1.46. The van der Waals surface area contributed by atoms with E-state index in [1.165, 1.54) is 19.3 Å². The third-order valence-electron chi connectivity index (χ3n) is 2.31. The quantitative estimate of drug-likeness (QED) is 0.483. The number of carbonyl (C=O) groups is 1. The third-order valence-corrected chi connectivity index (χ3v) is 3.48. The van der Waals surface area contributed by atoms with E-state index in [1.54, 1.807) is 11.8 Å². The average Bonchev–Trinajstić information content (AvgIpc) is 2.26. The highest BCUT2D eigenvalue weighted by Crippen LogP contribution is 2.10. The molecule has 0 unspecified atom stereocenters. The molecule has 16 heavy (non-hydrogen) atoms. The van der Waals surface area contributed by atoms with Gasteiger partial charge in [-0.2, -0.15) is 11.8 Å². The normalized spacial score (nSPS) is 12.6. The first kappa shape index (κ1) is 15.7. The predicted molar refractivity (Wildman–Crippen MR) is 67.7 cm³/mol. The number of nitrogens with two attached hydrogens (primary N) is 1. The number of thioether (sulfide) groups is 1. The highest BCUT2D eigenvalue weighted by molar-refractivity contribution is 7.99. The van der Waals surface area contributed by atoms with Gasteiger partial charge in [-0.1, -0.05) is 25.7 Å². The van der Waals surface area contributed by atoms with E-state index in [4.69, 9.17) is 15.9 Å². The van der Waals surface area contributed by atoms with Crippen molar-refractivity contribution in [2.75, 3.05) is 18.1 Å². The summed E-state index contributed by atoms with van der Waals surface area (Å²) in [6.07, 6.45) is 6.69. The molecule has 0 spiro atoms. The first-order valence-electron chi connectivity index (χ1n) is 5.85. The summed E-state index contributed by atoms with van der Waals surface area (Å²) in [5.41, 5.74) is 5.37. The Morgan fingerprint density at radius 3 is 2.25 bits per heavy atom. The van der Waals surface area contributed by atoms with Gasteiger partial charge in [0.15, 0.2) is 0 Å². The third kappa shape index (κ3) is 10.3. The van der Waals surface area contributed by atoms with Crippen molar-refractivity contribution >= 4 is 17.7 Å². The number of aliphatic hydroxyl groups excluding tert-OH is 1. The number of hydrogen-bond donors (Lipinski definition) is 3. The number of carboxylic acid groups (broad SMARTS) is 1. The summed E-state index contributed by atoms with van der Waals surface area (Å²) >= 11 is 1.61. The first-order chi connectivity index (χ1) is 7.68. The van der Waals surface area contributed by atoms with Gasteiger partial charge in [-0.3, -0.25) is 4.79 Å². The molecular formula is C11H23NO3S. The molecule has 0 aromatic heterocycles. The van der Waals surface area contributed by atoms with Crippen LogP contribution in [0.1, 0.15) is 38.5 Å². The molecule has 0 saturated carbocycles. The molecule has 0 aliphatic heterocycles. The summed E-state index contributed by atoms with van der Waals surface area (Å²) in [5.74, 6) is 0.567. The number of aliphatic carboxylic acids is 1. The standard InChI is InChI=1S/C11H23NO3S/c12-10(11(14)15)9-16-8-6-4-2-1-3-5-7-13/h10,13H,1-9,12H2,(H,14,15)/t10-/m0/s1. The van der Waals surface area contributed by atoms with Crippen molar-refractivity contribution in [2.24, 2.45) is 5.73 Å². The maximum atomic E-state index is 10.4. The van der Waals surface area contributed by atoms with Gasteiger partial charge in [0.25, 0.3) is 0 Å². The molecule has 0 bridgehead atoms. The average molecular weight is 249 g/mol. The monoisotopic (exact) mass is 249 g/mol. The van der Waals surface area contributed by atoms with Crippen LogP contribution in [0.5, 0.6) is 0 Å². The van der Waals surface area contributed by atoms with Gasteiger partial charge < -0.3 is 15.9 Å². The summed E-state index contributed by atoms with van der Waals surface area (Å²) < 4.78 is 0. The van der Waals surface area contributed by atoms with Crippen LogP contribution in [-0.4, -0.2) is 40.3 Å². The molecule has 0 aliphatic carbocycles. The molecule has 1 atom stereocenters. The Bertz CT molecular complexity index is 179. The van der Waals surface area contributed by atoms with Crippen molar-refractivity contribution < 1.29 is 15.0 Å². The smallest absolute Gasteiger partial charge is 0.321 e. The number of aliphatic hydroxyl groups is 1. The second-order valence-electron chi connectivity index (χ2n) is 3.86. The van der Waals surface area contributed by atoms with Crippen LogP contribution in [0.4, 0.5) is 0 Å². The van der Waals surface area contributed by atoms with E-state index in [0.29, 0.717) is 12.4 Å². The van der Waals surface area contributed by atoms with Crippen LogP contribution >= 0.6 is 11.8 Å². The highest BCUT2D eigenvalue weighted by atomic mass is 32.2. The fraction of sp³-hybridized carbons (Fsp3) is 0.909. The highest BCUT2D eigenvalue weighted by Gasteiger charge is 2.10. The molecule has 5 heteroatoms. The van der Waals surface area contributed by atoms with Crippen LogP contribution in [0, 0.1) is 0 Å². The molecule has 4 N–H and O–H groups in total. The number of hydrogen-bond acceptors (Lipinski definition) is 4. The van der Waals surface area contributed by atoms with E-state index in [0.717, 1.165) is 25.0 Å². The molecule has 0 amide bonds. The van der Waals surface area contributed by atoms with Crippen LogP contribution in [0.2, 0.25) is 0 Å². The Balaban J connectivity index is 3.07. The Morgan fingerprint density at radius 2 is 1.69 bits per heavy atom. The Labute approximate surface area is 102 Å². The summed E-state index contributed by atoms with van der Waals surface area (Å²) in [5, 5.41) is 17.1. The summed E-state index contributed by atoms with van der Waals surface area (Å²) in [6, 6.07) is -0.727. The molecular weight excluding hydrogens is 226 g/mol. The molecule has 0 heterocycles. The van der Waals surface area contributed by atoms with Gasteiger partial charge in [-0.05, 0) is 18.6 Å². The molecule has 0 fully saturated rings. The zero-order valence-corrected chi connectivity index (χ0v) is 10.5. The second-order valence-corrected chi connectivity index (χ2v) is 5.01. The molecule has 4 nitrogen and oxygen atoms in total. The zero-order valence-electron chi connectivity index (χ0n) is 9.73. The van der Waals surface area contributed by atoms with Gasteiger partial charge in [-0.15, -0.1) is 0 Å². The lowest BCUT2D eigenvalue weighted by Crippen LogP contribution is -2.32. The minimum absolute atomic E-state index is 0.295. The lowest BCUT2D eigenvalue weighted by molar-refractivity contribution is -0.137. The lowest BCUT2D eigenvalue weighted by Gasteiger charge is -2.05. The van der Waals surface area contributed by atoms with Crippen LogP contribution in [0.25, 0.3) is 0 Å². The Morgan fingerprint density at radius 1 is 1.12 bits per heavy atom. The maximum absolute atomic E-state index is 10.4. The van der Waals surface area contributed by atoms with Gasteiger partial charge in [-0.25, -0.2) is 0 Å². The van der Waals surface area contributed by atoms with Crippen molar-refractivity contribution in [2.45, 2.75) is 44.6 Å². The van der Waals surface area contributed by atoms with Crippen molar-refractivity contribution in [3.05, 3.63) is 0 Å². The van der Waals surface area contributed by atoms with E-state index in [2.05, 4.69) is 0 Å². The molecule has 0 saturated heterocycles. The minimum Gasteiger partial charge on any atom is -0.480 e. The van der Waals surface area contributed by atoms with Crippen LogP contribution in [0.15, 0.2) is 0 Å². The van der Waals surface area contributed by atoms with Gasteiger partial charge in [0.1, 0.15) is 6.04 Å². The van der Waals surface area contributed by atoms with Crippen molar-refractivity contribution in [1.82, 2.24) is 0 Å². The van der Waals surface area contributed by atoms with Gasteiger partial charge in [0, 0.05) is 12.4 Å². The Kier molecular flexibility index (Phi) is 11.0. The van der Waals surface area contributed by atoms with Crippen LogP contribution in [0.3, 0.4) is 0 Å². The van der Waals surface area contributed by atoms with E-state index in [1.807, 2.05) is 0 Å². The lowest BCUT2D eigenvalue weighted by atomic mass is 10.1. The van der Waals surface area contributed by atoms with Crippen LogP contribution < -0.4 is 5.73 Å². The molecule has 96 valence electrons. The van der Waals surface area contributed by atoms with Crippen molar-refractivity contribution in [3.63, 3.8) is 0 Å². The van der Waals surface area contributed by atoms with Gasteiger partial charge in [0.05, 0.1) is 0 Å². The first-order valence-corrected chi connectivity index (χ1v) is 7.01. The number of unbranched alkanes of at least 4 members (excludes halogenated alkanes) is 5. The number of rotatable bonds is 11. The topological polar surface area (TPSA) is 83.5 Å². The molecule has 0 aliphatic rings. The molecule has 0 radical (unpaired) electrons. The van der Waals surface area contributed by atoms with E-state index >= 15 is 0 Å². The fourth-order valence-electron chi connectivity index (χ4n) is 1.30. The maximum Gasteiger partial charge on any atom is 0.321 e. The van der Waals surface area contributed by atoms with Gasteiger partial charge in [0.2, 0.25) is 0 Å². The minimum atomic E-state index is -0.920. The molecule has 0 aromatic carbocycles. The fourth-order valence-corrected chi connectivity index (χ4v) is 2.28. The zero-order chi connectivity index (χ0) is 12.2. The largest absolute Gasteiger partial charge is 0.480 e. The summed E-state index contributed by atoms with van der Waals surface area (Å²) in [7, 11) is 0. The summed E-state index contributed by atoms with van der Waals surface area (Å²) in [6.45, 7) is 0.295. The van der Waals surface area contributed by atoms with Gasteiger partial charge >= 0.3 is 5.97 Å². The second kappa shape index (κ2) is 11.2. The summed E-state index contributed by atoms with van der Waals surface area (Å²) in [4.78, 5) is 10.4. The van der Waals surface area contributed by atoms with Crippen molar-refractivity contribution in [1.29, 1.82) is 0 Å². The van der Waals surface area contributed by atoms with Crippen molar-refractivity contribution in [3.8, 4) is 0 Å².